The summed E-state index contributed by atoms with van der Waals surface area (Å²) in [6.07, 6.45) is 0.0414. The summed E-state index contributed by atoms with van der Waals surface area (Å²) in [5.41, 5.74) is 7.82. The largest absolute Gasteiger partial charge is 0.481 e. The molecule has 5 atom stereocenters. The number of hydrazine groups is 1. The zero-order valence-corrected chi connectivity index (χ0v) is 14.7. The van der Waals surface area contributed by atoms with Gasteiger partial charge < -0.3 is 5.11 Å². The highest BCUT2D eigenvalue weighted by atomic mass is 19.1. The lowest BCUT2D eigenvalue weighted by molar-refractivity contribution is -0.384. The maximum absolute atomic E-state index is 13.2. The summed E-state index contributed by atoms with van der Waals surface area (Å²) in [5.74, 6) is -2.19. The van der Waals surface area contributed by atoms with E-state index in [-0.39, 0.29) is 35.7 Å². The maximum Gasteiger partial charge on any atom is 0.307 e. The minimum Gasteiger partial charge on any atom is -0.481 e. The number of halogens is 1. The first-order chi connectivity index (χ1) is 13.4. The highest BCUT2D eigenvalue weighted by Crippen LogP contribution is 2.42. The number of carbonyl (C=O) groups is 1. The van der Waals surface area contributed by atoms with E-state index in [2.05, 4.69) is 16.2 Å². The number of nitro groups is 1. The molecule has 4 N–H and O–H groups in total. The Bertz CT molecular complexity index is 890. The van der Waals surface area contributed by atoms with Gasteiger partial charge in [0, 0.05) is 24.1 Å². The molecule has 0 saturated carbocycles. The van der Waals surface area contributed by atoms with Crippen LogP contribution in [-0.2, 0) is 4.79 Å². The molecule has 2 heterocycles. The third kappa shape index (κ3) is 3.35. The van der Waals surface area contributed by atoms with Crippen molar-refractivity contribution in [2.75, 3.05) is 0 Å². The highest BCUT2D eigenvalue weighted by Gasteiger charge is 2.49. The van der Waals surface area contributed by atoms with Crippen LogP contribution in [0.15, 0.2) is 48.5 Å². The van der Waals surface area contributed by atoms with Gasteiger partial charge in [-0.25, -0.2) is 15.2 Å². The summed E-state index contributed by atoms with van der Waals surface area (Å²) in [7, 11) is 0. The molecule has 0 bridgehead atoms. The summed E-state index contributed by atoms with van der Waals surface area (Å²) < 4.78 is 13.2. The fourth-order valence-corrected chi connectivity index (χ4v) is 4.18. The molecule has 4 rings (SSSR count). The monoisotopic (exact) mass is 386 g/mol. The SMILES string of the molecule is O=C(O)C1CC(c2ccc(F)cc2)NC2NNC(c3ccc([N+](=O)[O-])cc3)C21. The molecule has 5 unspecified atom stereocenters. The minimum absolute atomic E-state index is 0.0146. The second-order valence-electron chi connectivity index (χ2n) is 7.12. The first-order valence-corrected chi connectivity index (χ1v) is 8.94. The molecular weight excluding hydrogens is 367 g/mol. The van der Waals surface area contributed by atoms with Gasteiger partial charge in [0.1, 0.15) is 5.82 Å². The predicted octanol–water partition coefficient (Wildman–Crippen LogP) is 2.26. The average molecular weight is 386 g/mol. The Kier molecular flexibility index (Phi) is 4.80. The van der Waals surface area contributed by atoms with Gasteiger partial charge in [-0.05, 0) is 29.7 Å². The predicted molar refractivity (Wildman–Crippen MR) is 97.4 cm³/mol. The van der Waals surface area contributed by atoms with Crippen molar-refractivity contribution in [3.05, 3.63) is 75.6 Å². The number of benzene rings is 2. The van der Waals surface area contributed by atoms with Gasteiger partial charge >= 0.3 is 5.97 Å². The number of aliphatic carboxylic acids is 1. The quantitative estimate of drug-likeness (QED) is 0.470. The van der Waals surface area contributed by atoms with E-state index < -0.39 is 16.8 Å². The van der Waals surface area contributed by atoms with Crippen LogP contribution in [0, 0.1) is 27.8 Å². The van der Waals surface area contributed by atoms with Gasteiger partial charge in [0.2, 0.25) is 0 Å². The van der Waals surface area contributed by atoms with E-state index in [0.29, 0.717) is 6.42 Å². The normalized spacial score (nSPS) is 29.2. The molecule has 2 saturated heterocycles. The van der Waals surface area contributed by atoms with Crippen molar-refractivity contribution in [2.45, 2.75) is 24.7 Å². The van der Waals surface area contributed by atoms with Gasteiger partial charge in [-0.15, -0.1) is 0 Å². The number of nitrogens with one attached hydrogen (secondary N) is 3. The van der Waals surface area contributed by atoms with E-state index in [1.807, 2.05) is 0 Å². The summed E-state index contributed by atoms with van der Waals surface area (Å²) in [6.45, 7) is 0. The third-order valence-electron chi connectivity index (χ3n) is 5.55. The average Bonchev–Trinajstić information content (AvgIpc) is 3.11. The lowest BCUT2D eigenvalue weighted by Crippen LogP contribution is -2.53. The van der Waals surface area contributed by atoms with Crippen LogP contribution >= 0.6 is 0 Å². The minimum atomic E-state index is -0.902. The van der Waals surface area contributed by atoms with Crippen molar-refractivity contribution < 1.29 is 19.2 Å². The van der Waals surface area contributed by atoms with Crippen molar-refractivity contribution in [2.24, 2.45) is 11.8 Å². The molecule has 0 spiro atoms. The second-order valence-corrected chi connectivity index (χ2v) is 7.12. The second kappa shape index (κ2) is 7.27. The fourth-order valence-electron chi connectivity index (χ4n) is 4.18. The number of piperidine rings is 1. The first-order valence-electron chi connectivity index (χ1n) is 8.94. The van der Waals surface area contributed by atoms with Gasteiger partial charge in [0.25, 0.3) is 5.69 Å². The molecule has 8 nitrogen and oxygen atoms in total. The number of rotatable bonds is 4. The van der Waals surface area contributed by atoms with Crippen molar-refractivity contribution in [3.8, 4) is 0 Å². The van der Waals surface area contributed by atoms with E-state index in [1.54, 1.807) is 24.3 Å². The summed E-state index contributed by atoms with van der Waals surface area (Å²) in [4.78, 5) is 22.4. The fraction of sp³-hybridized carbons (Fsp3) is 0.316. The molecule has 9 heteroatoms. The van der Waals surface area contributed by atoms with Crippen molar-refractivity contribution in [1.29, 1.82) is 0 Å². The zero-order valence-electron chi connectivity index (χ0n) is 14.7. The topological polar surface area (TPSA) is 117 Å². The van der Waals surface area contributed by atoms with E-state index >= 15 is 0 Å². The summed E-state index contributed by atoms with van der Waals surface area (Å²) in [6, 6.07) is 11.6. The van der Waals surface area contributed by atoms with Gasteiger partial charge in [-0.1, -0.05) is 24.3 Å². The van der Waals surface area contributed by atoms with E-state index in [4.69, 9.17) is 0 Å². The molecule has 2 aliphatic rings. The number of hydrogen-bond acceptors (Lipinski definition) is 6. The Balaban J connectivity index is 1.60. The molecule has 146 valence electrons. The number of non-ortho nitro benzene ring substituents is 1. The molecule has 0 aliphatic carbocycles. The molecule has 2 fully saturated rings. The zero-order chi connectivity index (χ0) is 19.8. The lowest BCUT2D eigenvalue weighted by Gasteiger charge is -2.39. The van der Waals surface area contributed by atoms with Crippen LogP contribution in [0.5, 0.6) is 0 Å². The lowest BCUT2D eigenvalue weighted by atomic mass is 9.75. The van der Waals surface area contributed by atoms with Gasteiger partial charge in [-0.3, -0.25) is 20.2 Å². The number of fused-ring (bicyclic) bond motifs is 1. The van der Waals surface area contributed by atoms with Crippen molar-refractivity contribution in [1.82, 2.24) is 16.2 Å². The van der Waals surface area contributed by atoms with Crippen molar-refractivity contribution >= 4 is 11.7 Å². The third-order valence-corrected chi connectivity index (χ3v) is 5.55. The van der Waals surface area contributed by atoms with E-state index in [1.165, 1.54) is 24.3 Å². The number of nitro benzene ring substituents is 1. The van der Waals surface area contributed by atoms with Crippen LogP contribution in [0.3, 0.4) is 0 Å². The summed E-state index contributed by atoms with van der Waals surface area (Å²) >= 11 is 0. The van der Waals surface area contributed by atoms with E-state index in [0.717, 1.165) is 11.1 Å². The van der Waals surface area contributed by atoms with Crippen LogP contribution in [-0.4, -0.2) is 22.2 Å². The number of carboxylic acid groups (broad SMARTS) is 1. The van der Waals surface area contributed by atoms with Crippen molar-refractivity contribution in [3.63, 3.8) is 0 Å². The Hall–Kier alpha value is -2.88. The highest BCUT2D eigenvalue weighted by molar-refractivity contribution is 5.71. The Morgan fingerprint density at radius 3 is 2.32 bits per heavy atom. The number of hydrogen-bond donors (Lipinski definition) is 4. The van der Waals surface area contributed by atoms with Crippen LogP contribution in [0.1, 0.15) is 29.6 Å². The van der Waals surface area contributed by atoms with Crippen LogP contribution in [0.2, 0.25) is 0 Å². The van der Waals surface area contributed by atoms with Crippen LogP contribution < -0.4 is 16.2 Å². The van der Waals surface area contributed by atoms with Gasteiger partial charge in [0.05, 0.1) is 23.0 Å². The standard InChI is InChI=1S/C19H19FN4O4/c20-12-5-1-10(2-6-12)15-9-14(19(25)26)16-17(22-23-18(16)21-15)11-3-7-13(8-4-11)24(27)28/h1-8,14-18,21-23H,9H2,(H,25,26). The number of nitrogens with zero attached hydrogens (tertiary/aromatic N) is 1. The smallest absolute Gasteiger partial charge is 0.307 e. The molecule has 0 radical (unpaired) electrons. The first kappa shape index (κ1) is 18.5. The van der Waals surface area contributed by atoms with Crippen LogP contribution in [0.25, 0.3) is 0 Å². The molecule has 0 amide bonds. The summed E-state index contributed by atoms with van der Waals surface area (Å²) in [5, 5.41) is 24.1. The van der Waals surface area contributed by atoms with Gasteiger partial charge in [-0.2, -0.15) is 0 Å². The number of carboxylic acids is 1. The Labute approximate surface area is 159 Å². The molecule has 0 aromatic heterocycles. The molecule has 2 aliphatic heterocycles. The molecule has 2 aromatic carbocycles. The van der Waals surface area contributed by atoms with E-state index in [9.17, 15) is 24.4 Å². The maximum atomic E-state index is 13.2. The molecule has 28 heavy (non-hydrogen) atoms. The molecular formula is C19H19FN4O4. The Morgan fingerprint density at radius 2 is 1.71 bits per heavy atom. The Morgan fingerprint density at radius 1 is 1.07 bits per heavy atom. The van der Waals surface area contributed by atoms with Crippen LogP contribution in [0.4, 0.5) is 10.1 Å². The van der Waals surface area contributed by atoms with Gasteiger partial charge in [0.15, 0.2) is 0 Å². The molecule has 2 aromatic rings.